The molecule has 0 saturated carbocycles. The van der Waals surface area contributed by atoms with Gasteiger partial charge in [0, 0.05) is 4.75 Å². The van der Waals surface area contributed by atoms with Crippen molar-refractivity contribution < 1.29 is 9.59 Å². The monoisotopic (exact) mass is 249 g/mol. The maximum atomic E-state index is 12.1. The summed E-state index contributed by atoms with van der Waals surface area (Å²) in [5, 5.41) is 0. The number of fused-ring (bicyclic) bond motifs is 1. The first-order valence-corrected chi connectivity index (χ1v) is 6.40. The van der Waals surface area contributed by atoms with Crippen LogP contribution in [0, 0.1) is 0 Å². The van der Waals surface area contributed by atoms with Gasteiger partial charge < -0.3 is 0 Å². The first-order chi connectivity index (χ1) is 7.96. The Morgan fingerprint density at radius 3 is 2.00 bits per heavy atom. The second-order valence-corrected chi connectivity index (χ2v) is 6.31. The number of amides is 2. The van der Waals surface area contributed by atoms with Crippen molar-refractivity contribution in [3.63, 3.8) is 0 Å². The molecule has 0 fully saturated rings. The summed E-state index contributed by atoms with van der Waals surface area (Å²) in [4.78, 5) is 24.2. The van der Waals surface area contributed by atoms with Crippen LogP contribution < -0.4 is 0 Å². The number of imide groups is 1. The molecule has 90 valence electrons. The molecule has 0 radical (unpaired) electrons. The summed E-state index contributed by atoms with van der Waals surface area (Å²) in [5.74, 6) is -0.394. The maximum absolute atomic E-state index is 12.1. The third-order valence-corrected chi connectivity index (χ3v) is 4.24. The number of benzene rings is 1. The lowest BCUT2D eigenvalue weighted by atomic mass is 10.1. The Labute approximate surface area is 105 Å². The average molecular weight is 249 g/mol. The van der Waals surface area contributed by atoms with Gasteiger partial charge in [0.05, 0.1) is 11.1 Å². The van der Waals surface area contributed by atoms with E-state index in [1.807, 2.05) is 20.8 Å². The summed E-state index contributed by atoms with van der Waals surface area (Å²) in [6, 6.07) is 6.97. The lowest BCUT2D eigenvalue weighted by Gasteiger charge is -2.26. The number of nitrogens with zero attached hydrogens (tertiary/aromatic N) is 1. The first-order valence-electron chi connectivity index (χ1n) is 5.63. The molecule has 1 aliphatic rings. The van der Waals surface area contributed by atoms with Crippen LogP contribution in [0.4, 0.5) is 0 Å². The third kappa shape index (κ3) is 2.09. The highest BCUT2D eigenvalue weighted by Crippen LogP contribution is 2.36. The zero-order valence-electron chi connectivity index (χ0n) is 10.2. The Morgan fingerprint density at radius 1 is 1.12 bits per heavy atom. The summed E-state index contributed by atoms with van der Waals surface area (Å²) < 4.78 is 1.17. The highest BCUT2D eigenvalue weighted by Gasteiger charge is 2.38. The van der Waals surface area contributed by atoms with Crippen molar-refractivity contribution in [2.24, 2.45) is 0 Å². The molecule has 0 bridgehead atoms. The third-order valence-electron chi connectivity index (χ3n) is 2.95. The molecule has 17 heavy (non-hydrogen) atoms. The van der Waals surface area contributed by atoms with Crippen LogP contribution in [0.25, 0.3) is 0 Å². The molecule has 0 atom stereocenters. The Morgan fingerprint density at radius 2 is 1.59 bits per heavy atom. The average Bonchev–Trinajstić information content (AvgIpc) is 2.55. The Kier molecular flexibility index (Phi) is 3.00. The van der Waals surface area contributed by atoms with Crippen LogP contribution in [0.1, 0.15) is 47.9 Å². The van der Waals surface area contributed by atoms with Gasteiger partial charge in [-0.2, -0.15) is 0 Å². The predicted molar refractivity (Wildman–Crippen MR) is 68.9 cm³/mol. The number of carbonyl (C=O) groups excluding carboxylic acids is 2. The minimum atomic E-state index is -0.197. The minimum Gasteiger partial charge on any atom is -0.268 e. The molecule has 1 aromatic rings. The van der Waals surface area contributed by atoms with Gasteiger partial charge in [-0.3, -0.25) is 9.59 Å². The second-order valence-electron chi connectivity index (χ2n) is 4.65. The molecule has 1 aliphatic heterocycles. The van der Waals surface area contributed by atoms with Crippen molar-refractivity contribution in [1.82, 2.24) is 4.31 Å². The van der Waals surface area contributed by atoms with Crippen LogP contribution in [0.15, 0.2) is 24.3 Å². The Balaban J connectivity index is 2.31. The Hall–Kier alpha value is -1.29. The molecule has 2 rings (SSSR count). The summed E-state index contributed by atoms with van der Waals surface area (Å²) in [7, 11) is 0. The van der Waals surface area contributed by atoms with Gasteiger partial charge in [0.15, 0.2) is 0 Å². The number of rotatable bonds is 3. The fourth-order valence-electron chi connectivity index (χ4n) is 1.56. The lowest BCUT2D eigenvalue weighted by molar-refractivity contribution is 0.0775. The van der Waals surface area contributed by atoms with Crippen LogP contribution in [-0.4, -0.2) is 20.9 Å². The van der Waals surface area contributed by atoms with E-state index >= 15 is 0 Å². The van der Waals surface area contributed by atoms with Crippen molar-refractivity contribution >= 4 is 23.8 Å². The van der Waals surface area contributed by atoms with Gasteiger partial charge in [-0.05, 0) is 44.3 Å². The van der Waals surface area contributed by atoms with Crippen LogP contribution >= 0.6 is 11.9 Å². The molecule has 1 heterocycles. The fourth-order valence-corrected chi connectivity index (χ4v) is 2.55. The summed E-state index contributed by atoms with van der Waals surface area (Å²) >= 11 is 1.32. The first kappa shape index (κ1) is 12.2. The molecule has 0 aliphatic carbocycles. The van der Waals surface area contributed by atoms with Crippen molar-refractivity contribution in [2.45, 2.75) is 31.9 Å². The van der Waals surface area contributed by atoms with Crippen molar-refractivity contribution in [2.75, 3.05) is 0 Å². The van der Waals surface area contributed by atoms with Crippen molar-refractivity contribution in [3.05, 3.63) is 35.4 Å². The van der Waals surface area contributed by atoms with Gasteiger partial charge in [-0.15, -0.1) is 0 Å². The number of hydrogen-bond acceptors (Lipinski definition) is 3. The van der Waals surface area contributed by atoms with Crippen molar-refractivity contribution in [3.8, 4) is 0 Å². The number of carbonyl (C=O) groups is 2. The smallest absolute Gasteiger partial charge is 0.268 e. The highest BCUT2D eigenvalue weighted by atomic mass is 32.2. The molecule has 0 aromatic heterocycles. The van der Waals surface area contributed by atoms with Gasteiger partial charge in [0.25, 0.3) is 11.8 Å². The van der Waals surface area contributed by atoms with Crippen LogP contribution in [0.2, 0.25) is 0 Å². The lowest BCUT2D eigenvalue weighted by Crippen LogP contribution is -2.29. The topological polar surface area (TPSA) is 37.4 Å². The SMILES string of the molecule is CCC(C)(C)SN1C(=O)c2ccccc2C1=O. The predicted octanol–water partition coefficient (Wildman–Crippen LogP) is 3.12. The van der Waals surface area contributed by atoms with E-state index in [1.165, 1.54) is 16.3 Å². The zero-order chi connectivity index (χ0) is 12.6. The van der Waals surface area contributed by atoms with Gasteiger partial charge in [0.1, 0.15) is 0 Å². The molecule has 3 nitrogen and oxygen atoms in total. The van der Waals surface area contributed by atoms with Gasteiger partial charge in [-0.1, -0.05) is 19.1 Å². The summed E-state index contributed by atoms with van der Waals surface area (Å²) in [6.07, 6.45) is 0.894. The van der Waals surface area contributed by atoms with Gasteiger partial charge in [0.2, 0.25) is 0 Å². The van der Waals surface area contributed by atoms with E-state index in [0.717, 1.165) is 6.42 Å². The summed E-state index contributed by atoms with van der Waals surface area (Å²) in [6.45, 7) is 6.10. The standard InChI is InChI=1S/C13H15NO2S/c1-4-13(2,3)17-14-11(15)9-7-5-6-8-10(9)12(14)16/h5-8H,4H2,1-3H3. The molecule has 2 amide bonds. The fraction of sp³-hybridized carbons (Fsp3) is 0.385. The quantitative estimate of drug-likeness (QED) is 0.610. The molecule has 4 heteroatoms. The molecule has 1 aromatic carbocycles. The molecule has 0 spiro atoms. The van der Waals surface area contributed by atoms with Crippen LogP contribution in [0.3, 0.4) is 0 Å². The van der Waals surface area contributed by atoms with E-state index in [4.69, 9.17) is 0 Å². The van der Waals surface area contributed by atoms with E-state index in [1.54, 1.807) is 24.3 Å². The minimum absolute atomic E-state index is 0.118. The van der Waals surface area contributed by atoms with E-state index in [2.05, 4.69) is 0 Å². The molecular formula is C13H15NO2S. The molecule has 0 N–H and O–H groups in total. The number of hydrogen-bond donors (Lipinski definition) is 0. The Bertz CT molecular complexity index is 447. The van der Waals surface area contributed by atoms with Crippen LogP contribution in [0.5, 0.6) is 0 Å². The summed E-state index contributed by atoms with van der Waals surface area (Å²) in [5.41, 5.74) is 1.02. The van der Waals surface area contributed by atoms with Crippen LogP contribution in [-0.2, 0) is 0 Å². The molecule has 0 saturated heterocycles. The largest absolute Gasteiger partial charge is 0.271 e. The van der Waals surface area contributed by atoms with Crippen molar-refractivity contribution in [1.29, 1.82) is 0 Å². The normalized spacial score (nSPS) is 15.4. The molecular weight excluding hydrogens is 234 g/mol. The van der Waals surface area contributed by atoms with E-state index in [-0.39, 0.29) is 16.6 Å². The zero-order valence-corrected chi connectivity index (χ0v) is 11.0. The maximum Gasteiger partial charge on any atom is 0.271 e. The van der Waals surface area contributed by atoms with E-state index in [9.17, 15) is 9.59 Å². The van der Waals surface area contributed by atoms with E-state index < -0.39 is 0 Å². The van der Waals surface area contributed by atoms with Gasteiger partial charge in [-0.25, -0.2) is 4.31 Å². The van der Waals surface area contributed by atoms with Gasteiger partial charge >= 0.3 is 0 Å². The van der Waals surface area contributed by atoms with E-state index in [0.29, 0.717) is 11.1 Å². The highest BCUT2D eigenvalue weighted by molar-refractivity contribution is 7.99. The molecule has 0 unspecified atom stereocenters. The second kappa shape index (κ2) is 4.18.